The predicted octanol–water partition coefficient (Wildman–Crippen LogP) is 6.55. The average Bonchev–Trinajstić information content (AvgIpc) is 3.39. The van der Waals surface area contributed by atoms with Gasteiger partial charge in [-0.1, -0.05) is 104 Å². The van der Waals surface area contributed by atoms with Crippen LogP contribution in [0.25, 0.3) is 22.5 Å². The maximum absolute atomic E-state index is 12.6. The van der Waals surface area contributed by atoms with E-state index in [1.54, 1.807) is 0 Å². The molecule has 2 heterocycles. The number of aromatic nitrogens is 4. The molecular formula is C29H25N5OS2. The van der Waals surface area contributed by atoms with Crippen LogP contribution in [0.1, 0.15) is 22.9 Å². The average molecular weight is 524 g/mol. The lowest BCUT2D eigenvalue weighted by Crippen LogP contribution is -2.14. The van der Waals surface area contributed by atoms with Gasteiger partial charge in [0.1, 0.15) is 11.4 Å². The van der Waals surface area contributed by atoms with Gasteiger partial charge in [0.15, 0.2) is 5.13 Å². The monoisotopic (exact) mass is 523 g/mol. The number of amides is 1. The van der Waals surface area contributed by atoms with Crippen molar-refractivity contribution in [2.24, 2.45) is 0 Å². The summed E-state index contributed by atoms with van der Waals surface area (Å²) >= 11 is 2.74. The summed E-state index contributed by atoms with van der Waals surface area (Å²) in [5.41, 5.74) is 5.88. The summed E-state index contributed by atoms with van der Waals surface area (Å²) in [6, 6.07) is 28.4. The van der Waals surface area contributed by atoms with Crippen molar-refractivity contribution in [3.8, 4) is 22.5 Å². The van der Waals surface area contributed by atoms with Crippen LogP contribution in [-0.4, -0.2) is 31.8 Å². The Hall–Kier alpha value is -3.88. The third-order valence-corrected chi connectivity index (χ3v) is 7.45. The largest absolute Gasteiger partial charge is 0.301 e. The molecule has 5 rings (SSSR count). The number of nitrogens with zero attached hydrogens (tertiary/aromatic N) is 4. The number of aryl methyl sites for hydroxylation is 1. The van der Waals surface area contributed by atoms with E-state index in [-0.39, 0.29) is 11.7 Å². The first-order chi connectivity index (χ1) is 18.2. The van der Waals surface area contributed by atoms with Crippen LogP contribution in [0.2, 0.25) is 0 Å². The van der Waals surface area contributed by atoms with Gasteiger partial charge in [-0.05, 0) is 17.5 Å². The summed E-state index contributed by atoms with van der Waals surface area (Å²) in [4.78, 5) is 22.9. The number of hydrogen-bond donors (Lipinski definition) is 1. The summed E-state index contributed by atoms with van der Waals surface area (Å²) in [7, 11) is 0. The fraction of sp³-hybridized carbons (Fsp3) is 0.138. The Morgan fingerprint density at radius 3 is 2.16 bits per heavy atom. The van der Waals surface area contributed by atoms with Gasteiger partial charge < -0.3 is 5.32 Å². The van der Waals surface area contributed by atoms with Gasteiger partial charge in [0.25, 0.3) is 0 Å². The minimum Gasteiger partial charge on any atom is -0.301 e. The van der Waals surface area contributed by atoms with E-state index in [1.165, 1.54) is 34.2 Å². The van der Waals surface area contributed by atoms with Crippen molar-refractivity contribution in [1.82, 2.24) is 20.2 Å². The minimum absolute atomic E-state index is 0.157. The molecule has 0 spiro atoms. The summed E-state index contributed by atoms with van der Waals surface area (Å²) in [6.07, 6.45) is 3.64. The molecule has 0 saturated carbocycles. The minimum atomic E-state index is -0.157. The Morgan fingerprint density at radius 2 is 1.49 bits per heavy atom. The van der Waals surface area contributed by atoms with Crippen LogP contribution in [0.4, 0.5) is 5.13 Å². The highest BCUT2D eigenvalue weighted by Gasteiger charge is 2.15. The molecule has 0 bridgehead atoms. The molecule has 0 aliphatic rings. The highest BCUT2D eigenvalue weighted by Crippen LogP contribution is 2.30. The zero-order valence-electron chi connectivity index (χ0n) is 20.3. The highest BCUT2D eigenvalue weighted by molar-refractivity contribution is 7.99. The smallest absolute Gasteiger partial charge is 0.236 e. The van der Waals surface area contributed by atoms with E-state index < -0.39 is 0 Å². The van der Waals surface area contributed by atoms with Crippen LogP contribution in [0.3, 0.4) is 0 Å². The number of thiazole rings is 1. The van der Waals surface area contributed by atoms with Gasteiger partial charge >= 0.3 is 0 Å². The van der Waals surface area contributed by atoms with Crippen LogP contribution in [0.15, 0.2) is 96.3 Å². The van der Waals surface area contributed by atoms with Gasteiger partial charge in [0, 0.05) is 28.6 Å². The SMILES string of the molecule is CCc1ccc(Cc2cnc(NC(=O)CSc3nnc(-c4ccccc4)c(-c4ccccc4)n3)s2)cc1. The second-order valence-electron chi connectivity index (χ2n) is 8.34. The van der Waals surface area contributed by atoms with Gasteiger partial charge in [-0.15, -0.1) is 21.5 Å². The Kier molecular flexibility index (Phi) is 7.98. The van der Waals surface area contributed by atoms with Gasteiger partial charge in [-0.3, -0.25) is 4.79 Å². The van der Waals surface area contributed by atoms with Crippen LogP contribution >= 0.6 is 23.1 Å². The number of thioether (sulfide) groups is 1. The molecule has 0 fully saturated rings. The number of carbonyl (C=O) groups excluding carboxylic acids is 1. The molecule has 8 heteroatoms. The zero-order valence-corrected chi connectivity index (χ0v) is 21.9. The van der Waals surface area contributed by atoms with Gasteiger partial charge in [0.05, 0.1) is 5.75 Å². The molecule has 1 amide bonds. The molecule has 2 aromatic heterocycles. The molecule has 0 aliphatic heterocycles. The topological polar surface area (TPSA) is 80.7 Å². The maximum Gasteiger partial charge on any atom is 0.236 e. The zero-order chi connectivity index (χ0) is 25.5. The van der Waals surface area contributed by atoms with Crippen molar-refractivity contribution in [3.63, 3.8) is 0 Å². The number of carbonyl (C=O) groups is 1. The van der Waals surface area contributed by atoms with Gasteiger partial charge in [-0.2, -0.15) is 0 Å². The number of rotatable bonds is 9. The summed E-state index contributed by atoms with van der Waals surface area (Å²) < 4.78 is 0. The molecule has 5 aromatic rings. The van der Waals surface area contributed by atoms with Crippen molar-refractivity contribution >= 4 is 34.1 Å². The van der Waals surface area contributed by atoms with E-state index in [2.05, 4.69) is 51.7 Å². The van der Waals surface area contributed by atoms with Gasteiger partial charge in [-0.25, -0.2) is 9.97 Å². The number of nitrogens with one attached hydrogen (secondary N) is 1. The van der Waals surface area contributed by atoms with Crippen molar-refractivity contribution in [2.75, 3.05) is 11.1 Å². The fourth-order valence-electron chi connectivity index (χ4n) is 3.79. The molecule has 0 unspecified atom stereocenters. The second kappa shape index (κ2) is 11.9. The first-order valence-electron chi connectivity index (χ1n) is 12.0. The van der Waals surface area contributed by atoms with Crippen LogP contribution in [0.5, 0.6) is 0 Å². The maximum atomic E-state index is 12.6. The van der Waals surface area contributed by atoms with E-state index in [4.69, 9.17) is 4.98 Å². The summed E-state index contributed by atoms with van der Waals surface area (Å²) in [6.45, 7) is 2.15. The highest BCUT2D eigenvalue weighted by atomic mass is 32.2. The molecule has 6 nitrogen and oxygen atoms in total. The van der Waals surface area contributed by atoms with E-state index in [1.807, 2.05) is 66.9 Å². The van der Waals surface area contributed by atoms with Crippen molar-refractivity contribution in [1.29, 1.82) is 0 Å². The first kappa shape index (κ1) is 24.8. The number of hydrogen-bond acceptors (Lipinski definition) is 7. The molecule has 0 radical (unpaired) electrons. The molecule has 37 heavy (non-hydrogen) atoms. The third kappa shape index (κ3) is 6.47. The van der Waals surface area contributed by atoms with Gasteiger partial charge in [0.2, 0.25) is 11.1 Å². The first-order valence-corrected chi connectivity index (χ1v) is 13.8. The fourth-order valence-corrected chi connectivity index (χ4v) is 5.24. The Bertz CT molecular complexity index is 1470. The van der Waals surface area contributed by atoms with Crippen LogP contribution in [0, 0.1) is 0 Å². The molecule has 1 N–H and O–H groups in total. The second-order valence-corrected chi connectivity index (χ2v) is 10.4. The van der Waals surface area contributed by atoms with Crippen molar-refractivity contribution in [2.45, 2.75) is 24.9 Å². The lowest BCUT2D eigenvalue weighted by atomic mass is 10.0. The lowest BCUT2D eigenvalue weighted by molar-refractivity contribution is -0.113. The Labute approximate surface area is 224 Å². The summed E-state index contributed by atoms with van der Waals surface area (Å²) in [5.74, 6) is 0.00347. The van der Waals surface area contributed by atoms with Crippen LogP contribution < -0.4 is 5.32 Å². The van der Waals surface area contributed by atoms with Crippen LogP contribution in [-0.2, 0) is 17.6 Å². The Morgan fingerprint density at radius 1 is 0.838 bits per heavy atom. The molecule has 3 aromatic carbocycles. The quantitative estimate of drug-likeness (QED) is 0.221. The third-order valence-electron chi connectivity index (χ3n) is 5.70. The number of anilines is 1. The molecule has 184 valence electrons. The Balaban J connectivity index is 1.24. The predicted molar refractivity (Wildman–Crippen MR) is 151 cm³/mol. The van der Waals surface area contributed by atoms with E-state index in [0.29, 0.717) is 16.0 Å². The molecule has 0 atom stereocenters. The van der Waals surface area contributed by atoms with E-state index >= 15 is 0 Å². The van der Waals surface area contributed by atoms with Crippen molar-refractivity contribution in [3.05, 3.63) is 107 Å². The molecular weight excluding hydrogens is 498 g/mol. The normalized spacial score (nSPS) is 10.8. The molecule has 0 aliphatic carbocycles. The standard InChI is InChI=1S/C29H25N5OS2/c1-2-20-13-15-21(16-14-20)17-24-18-30-28(37-24)31-25(35)19-36-29-32-26(22-9-5-3-6-10-22)27(33-34-29)23-11-7-4-8-12-23/h3-16,18H,2,17,19H2,1H3,(H,30,31,35). The summed E-state index contributed by atoms with van der Waals surface area (Å²) in [5, 5.41) is 12.7. The van der Waals surface area contributed by atoms with Crippen molar-refractivity contribution < 1.29 is 4.79 Å². The van der Waals surface area contributed by atoms with E-state index in [0.717, 1.165) is 34.5 Å². The lowest BCUT2D eigenvalue weighted by Gasteiger charge is -2.09. The number of benzene rings is 3. The molecule has 0 saturated heterocycles. The van der Waals surface area contributed by atoms with E-state index in [9.17, 15) is 4.79 Å².